The molecule has 82 valence electrons. The van der Waals surface area contributed by atoms with E-state index >= 15 is 0 Å². The summed E-state index contributed by atoms with van der Waals surface area (Å²) in [7, 11) is 3.68. The van der Waals surface area contributed by atoms with Crippen LogP contribution in [0.5, 0.6) is 0 Å². The van der Waals surface area contributed by atoms with Gasteiger partial charge in [-0.1, -0.05) is 35.9 Å². The minimum atomic E-state index is 0.666. The lowest BCUT2D eigenvalue weighted by atomic mass is 10.1. The molecule has 0 unspecified atom stereocenters. The fourth-order valence-corrected chi connectivity index (χ4v) is 1.56. The average molecular weight is 205 g/mol. The molecule has 0 atom stereocenters. The highest BCUT2D eigenvalue weighted by Gasteiger charge is 1.98. The lowest BCUT2D eigenvalue weighted by Crippen LogP contribution is -2.08. The fourth-order valence-electron chi connectivity index (χ4n) is 1.56. The van der Waals surface area contributed by atoms with Gasteiger partial charge in [-0.3, -0.25) is 0 Å². The van der Waals surface area contributed by atoms with Gasteiger partial charge in [0, 0.05) is 13.7 Å². The van der Waals surface area contributed by atoms with Crippen LogP contribution in [0.15, 0.2) is 29.8 Å². The van der Waals surface area contributed by atoms with Crippen molar-refractivity contribution in [1.82, 2.24) is 5.32 Å². The highest BCUT2D eigenvalue weighted by Crippen LogP contribution is 2.13. The third kappa shape index (κ3) is 3.86. The lowest BCUT2D eigenvalue weighted by Gasteiger charge is -2.06. The third-order valence-corrected chi connectivity index (χ3v) is 2.21. The summed E-state index contributed by atoms with van der Waals surface area (Å²) in [5.74, 6) is 0. The molecule has 0 amide bonds. The molecule has 0 saturated carbocycles. The number of nitrogens with one attached hydrogen (secondary N) is 1. The predicted octanol–water partition coefficient (Wildman–Crippen LogP) is 2.46. The molecule has 1 aromatic rings. The molecule has 2 heteroatoms. The van der Waals surface area contributed by atoms with Crippen LogP contribution in [-0.2, 0) is 11.3 Å². The molecule has 0 radical (unpaired) electrons. The summed E-state index contributed by atoms with van der Waals surface area (Å²) < 4.78 is 5.17. The summed E-state index contributed by atoms with van der Waals surface area (Å²) in [6, 6.07) is 8.31. The van der Waals surface area contributed by atoms with Gasteiger partial charge in [0.15, 0.2) is 0 Å². The number of hydrogen-bond donors (Lipinski definition) is 1. The topological polar surface area (TPSA) is 21.3 Å². The number of benzene rings is 1. The molecule has 1 aromatic carbocycles. The molecule has 0 aliphatic heterocycles. The van der Waals surface area contributed by atoms with E-state index in [-0.39, 0.29) is 0 Å². The Morgan fingerprint density at radius 2 is 2.13 bits per heavy atom. The van der Waals surface area contributed by atoms with Crippen LogP contribution < -0.4 is 5.32 Å². The SMILES string of the molecule is CNCC(C)=Cc1ccccc1COC. The molecular weight excluding hydrogens is 186 g/mol. The van der Waals surface area contributed by atoms with Gasteiger partial charge in [-0.15, -0.1) is 0 Å². The summed E-state index contributed by atoms with van der Waals surface area (Å²) >= 11 is 0. The molecule has 15 heavy (non-hydrogen) atoms. The Morgan fingerprint density at radius 3 is 2.80 bits per heavy atom. The molecule has 0 bridgehead atoms. The first-order valence-electron chi connectivity index (χ1n) is 5.16. The molecular formula is C13H19NO. The fraction of sp³-hybridized carbons (Fsp3) is 0.385. The zero-order valence-electron chi connectivity index (χ0n) is 9.71. The summed E-state index contributed by atoms with van der Waals surface area (Å²) in [6.45, 7) is 3.71. The van der Waals surface area contributed by atoms with E-state index < -0.39 is 0 Å². The van der Waals surface area contributed by atoms with Gasteiger partial charge >= 0.3 is 0 Å². The second-order valence-corrected chi connectivity index (χ2v) is 3.65. The van der Waals surface area contributed by atoms with Gasteiger partial charge < -0.3 is 10.1 Å². The van der Waals surface area contributed by atoms with Crippen molar-refractivity contribution in [3.63, 3.8) is 0 Å². The van der Waals surface area contributed by atoms with Gasteiger partial charge in [0.1, 0.15) is 0 Å². The minimum Gasteiger partial charge on any atom is -0.380 e. The minimum absolute atomic E-state index is 0.666. The third-order valence-electron chi connectivity index (χ3n) is 2.21. The first-order valence-corrected chi connectivity index (χ1v) is 5.16. The standard InChI is InChI=1S/C13H19NO/c1-11(9-14-2)8-12-6-4-5-7-13(12)10-15-3/h4-8,14H,9-10H2,1-3H3. The first kappa shape index (κ1) is 12.0. The molecule has 0 aromatic heterocycles. The Kier molecular flexibility index (Phi) is 5.08. The van der Waals surface area contributed by atoms with Gasteiger partial charge in [-0.05, 0) is 25.1 Å². The van der Waals surface area contributed by atoms with E-state index in [1.165, 1.54) is 16.7 Å². The van der Waals surface area contributed by atoms with Crippen molar-refractivity contribution in [2.75, 3.05) is 20.7 Å². The van der Waals surface area contributed by atoms with Crippen molar-refractivity contribution >= 4 is 6.08 Å². The molecule has 1 rings (SSSR count). The van der Waals surface area contributed by atoms with Crippen LogP contribution in [0.2, 0.25) is 0 Å². The maximum Gasteiger partial charge on any atom is 0.0718 e. The second kappa shape index (κ2) is 6.38. The lowest BCUT2D eigenvalue weighted by molar-refractivity contribution is 0.184. The monoisotopic (exact) mass is 205 g/mol. The molecule has 2 nitrogen and oxygen atoms in total. The maximum atomic E-state index is 5.17. The molecule has 0 spiro atoms. The second-order valence-electron chi connectivity index (χ2n) is 3.65. The normalized spacial score (nSPS) is 11.8. The molecule has 0 aliphatic rings. The van der Waals surface area contributed by atoms with E-state index in [9.17, 15) is 0 Å². The molecule has 0 aliphatic carbocycles. The average Bonchev–Trinajstić information content (AvgIpc) is 2.21. The van der Waals surface area contributed by atoms with Crippen LogP contribution in [0.4, 0.5) is 0 Å². The van der Waals surface area contributed by atoms with Gasteiger partial charge in [-0.2, -0.15) is 0 Å². The Morgan fingerprint density at radius 1 is 1.40 bits per heavy atom. The summed E-state index contributed by atoms with van der Waals surface area (Å²) in [5, 5.41) is 3.14. The number of rotatable bonds is 5. The Bertz CT molecular complexity index is 331. The van der Waals surface area contributed by atoms with Crippen molar-refractivity contribution in [3.05, 3.63) is 41.0 Å². The van der Waals surface area contributed by atoms with Gasteiger partial charge in [0.25, 0.3) is 0 Å². The van der Waals surface area contributed by atoms with Crippen LogP contribution in [0, 0.1) is 0 Å². The van der Waals surface area contributed by atoms with Gasteiger partial charge in [0.2, 0.25) is 0 Å². The van der Waals surface area contributed by atoms with E-state index in [1.54, 1.807) is 7.11 Å². The molecule has 0 fully saturated rings. The van der Waals surface area contributed by atoms with Crippen LogP contribution >= 0.6 is 0 Å². The zero-order chi connectivity index (χ0) is 11.1. The largest absolute Gasteiger partial charge is 0.380 e. The Balaban J connectivity index is 2.87. The maximum absolute atomic E-state index is 5.17. The van der Waals surface area contributed by atoms with Crippen LogP contribution in [-0.4, -0.2) is 20.7 Å². The number of methoxy groups -OCH3 is 1. The number of hydrogen-bond acceptors (Lipinski definition) is 2. The smallest absolute Gasteiger partial charge is 0.0718 e. The molecule has 0 saturated heterocycles. The van der Waals surface area contributed by atoms with E-state index in [2.05, 4.69) is 36.5 Å². The Hall–Kier alpha value is -1.12. The van der Waals surface area contributed by atoms with Crippen molar-refractivity contribution < 1.29 is 4.74 Å². The van der Waals surface area contributed by atoms with Crippen molar-refractivity contribution in [3.8, 4) is 0 Å². The van der Waals surface area contributed by atoms with Crippen LogP contribution in [0.1, 0.15) is 18.1 Å². The first-order chi connectivity index (χ1) is 7.27. The highest BCUT2D eigenvalue weighted by molar-refractivity contribution is 5.56. The molecule has 1 N–H and O–H groups in total. The van der Waals surface area contributed by atoms with E-state index in [0.29, 0.717) is 6.61 Å². The summed E-state index contributed by atoms with van der Waals surface area (Å²) in [5.41, 5.74) is 3.80. The quantitative estimate of drug-likeness (QED) is 0.797. The predicted molar refractivity (Wildman–Crippen MR) is 64.7 cm³/mol. The van der Waals surface area contributed by atoms with Crippen LogP contribution in [0.25, 0.3) is 6.08 Å². The summed E-state index contributed by atoms with van der Waals surface area (Å²) in [6.07, 6.45) is 2.20. The van der Waals surface area contributed by atoms with E-state index in [1.807, 2.05) is 13.1 Å². The highest BCUT2D eigenvalue weighted by atomic mass is 16.5. The van der Waals surface area contributed by atoms with Gasteiger partial charge in [-0.25, -0.2) is 0 Å². The number of ether oxygens (including phenoxy) is 1. The van der Waals surface area contributed by atoms with E-state index in [4.69, 9.17) is 4.74 Å². The van der Waals surface area contributed by atoms with Crippen molar-refractivity contribution in [2.24, 2.45) is 0 Å². The van der Waals surface area contributed by atoms with Crippen molar-refractivity contribution in [1.29, 1.82) is 0 Å². The molecule has 0 heterocycles. The van der Waals surface area contributed by atoms with E-state index in [0.717, 1.165) is 6.54 Å². The van der Waals surface area contributed by atoms with Gasteiger partial charge in [0.05, 0.1) is 6.61 Å². The number of likely N-dealkylation sites (N-methyl/N-ethyl adjacent to an activating group) is 1. The van der Waals surface area contributed by atoms with Crippen molar-refractivity contribution in [2.45, 2.75) is 13.5 Å². The van der Waals surface area contributed by atoms with Crippen LogP contribution in [0.3, 0.4) is 0 Å². The Labute approximate surface area is 92.0 Å². The summed E-state index contributed by atoms with van der Waals surface area (Å²) in [4.78, 5) is 0. The zero-order valence-corrected chi connectivity index (χ0v) is 9.71.